The van der Waals surface area contributed by atoms with E-state index in [0.29, 0.717) is 11.3 Å². The van der Waals surface area contributed by atoms with E-state index in [-0.39, 0.29) is 38.8 Å². The summed E-state index contributed by atoms with van der Waals surface area (Å²) in [6, 6.07) is 7.07. The average molecular weight is 496 g/mol. The molecule has 3 rings (SSSR count). The normalized spacial score (nSPS) is 14.8. The number of nitrogens with one attached hydrogen (secondary N) is 1. The number of phenols is 1. The second-order valence-electron chi connectivity index (χ2n) is 8.15. The van der Waals surface area contributed by atoms with E-state index in [0.717, 1.165) is 19.3 Å². The summed E-state index contributed by atoms with van der Waals surface area (Å²) in [5, 5.41) is 12.9. The van der Waals surface area contributed by atoms with Gasteiger partial charge >= 0.3 is 5.97 Å². The lowest BCUT2D eigenvalue weighted by molar-refractivity contribution is -0.147. The number of carbonyl (C=O) groups is 2. The number of amides is 1. The summed E-state index contributed by atoms with van der Waals surface area (Å²) >= 11 is 6.36. The van der Waals surface area contributed by atoms with Crippen LogP contribution >= 0.6 is 11.6 Å². The van der Waals surface area contributed by atoms with Gasteiger partial charge in [-0.05, 0) is 62.4 Å². The van der Waals surface area contributed by atoms with E-state index in [1.165, 1.54) is 38.3 Å². The number of halogens is 1. The lowest BCUT2D eigenvalue weighted by Gasteiger charge is -2.25. The van der Waals surface area contributed by atoms with Crippen LogP contribution < -0.4 is 10.1 Å². The van der Waals surface area contributed by atoms with Crippen molar-refractivity contribution in [3.8, 4) is 17.2 Å². The molecule has 33 heavy (non-hydrogen) atoms. The largest absolute Gasteiger partial charge is 0.507 e. The average Bonchev–Trinajstić information content (AvgIpc) is 2.73. The minimum Gasteiger partial charge on any atom is -0.507 e. The standard InChI is InChI=1S/C23H26ClNO7S/c1-13-9-16(25-22(27)14(2)23(28)31-3)10-18(24)21(13)32-17-7-8-19(26)20(11-17)33(29,30)12-15-5-4-6-15/h7-11,14-15,26H,4-6,12H2,1-3H3,(H,25,27). The molecule has 0 spiro atoms. The zero-order valence-corrected chi connectivity index (χ0v) is 20.1. The van der Waals surface area contributed by atoms with Crippen LogP contribution in [0.5, 0.6) is 17.2 Å². The molecule has 0 saturated heterocycles. The number of aromatic hydroxyl groups is 1. The van der Waals surface area contributed by atoms with Crippen molar-refractivity contribution >= 4 is 39.0 Å². The third kappa shape index (κ3) is 5.78. The van der Waals surface area contributed by atoms with Crippen LogP contribution in [0.4, 0.5) is 5.69 Å². The zero-order valence-electron chi connectivity index (χ0n) is 18.6. The molecule has 178 valence electrons. The summed E-state index contributed by atoms with van der Waals surface area (Å²) in [7, 11) is -2.47. The summed E-state index contributed by atoms with van der Waals surface area (Å²) in [6.45, 7) is 3.13. The Morgan fingerprint density at radius 1 is 1.24 bits per heavy atom. The van der Waals surface area contributed by atoms with Crippen LogP contribution in [0, 0.1) is 18.8 Å². The molecule has 1 aliphatic carbocycles. The Balaban J connectivity index is 1.81. The molecule has 0 heterocycles. The van der Waals surface area contributed by atoms with Crippen LogP contribution in [0.1, 0.15) is 31.7 Å². The Bertz CT molecular complexity index is 1150. The van der Waals surface area contributed by atoms with Gasteiger partial charge in [0.2, 0.25) is 5.91 Å². The predicted octanol–water partition coefficient (Wildman–Crippen LogP) is 4.47. The molecule has 1 saturated carbocycles. The van der Waals surface area contributed by atoms with Crippen molar-refractivity contribution in [1.29, 1.82) is 0 Å². The second kappa shape index (κ2) is 10.0. The Hall–Kier alpha value is -2.78. The van der Waals surface area contributed by atoms with Gasteiger partial charge in [-0.3, -0.25) is 9.59 Å². The lowest BCUT2D eigenvalue weighted by atomic mass is 9.87. The van der Waals surface area contributed by atoms with Gasteiger partial charge in [0.1, 0.15) is 28.1 Å². The molecule has 0 aliphatic heterocycles. The fourth-order valence-electron chi connectivity index (χ4n) is 3.45. The van der Waals surface area contributed by atoms with E-state index in [1.807, 2.05) is 0 Å². The monoisotopic (exact) mass is 495 g/mol. The van der Waals surface area contributed by atoms with Gasteiger partial charge in [0, 0.05) is 11.8 Å². The smallest absolute Gasteiger partial charge is 0.317 e. The number of ether oxygens (including phenoxy) is 2. The SMILES string of the molecule is COC(=O)C(C)C(=O)Nc1cc(C)c(Oc2ccc(O)c(S(=O)(=O)CC3CCC3)c2)c(Cl)c1. The van der Waals surface area contributed by atoms with Crippen molar-refractivity contribution in [2.75, 3.05) is 18.2 Å². The van der Waals surface area contributed by atoms with E-state index in [2.05, 4.69) is 10.1 Å². The third-order valence-corrected chi connectivity index (χ3v) is 7.80. The van der Waals surface area contributed by atoms with Gasteiger partial charge in [-0.1, -0.05) is 18.0 Å². The van der Waals surface area contributed by atoms with Gasteiger partial charge in [0.05, 0.1) is 17.9 Å². The van der Waals surface area contributed by atoms with E-state index in [9.17, 15) is 23.1 Å². The van der Waals surface area contributed by atoms with Crippen molar-refractivity contribution in [1.82, 2.24) is 0 Å². The number of hydrogen-bond donors (Lipinski definition) is 2. The van der Waals surface area contributed by atoms with Gasteiger partial charge in [-0.25, -0.2) is 8.42 Å². The molecular formula is C23H26ClNO7S. The molecule has 1 fully saturated rings. The van der Waals surface area contributed by atoms with Crippen LogP contribution in [0.15, 0.2) is 35.2 Å². The first-order valence-electron chi connectivity index (χ1n) is 10.4. The molecule has 1 aliphatic rings. The number of sulfone groups is 1. The second-order valence-corrected chi connectivity index (χ2v) is 10.6. The van der Waals surface area contributed by atoms with Crippen LogP contribution in [0.3, 0.4) is 0 Å². The first kappa shape index (κ1) is 24.9. The first-order chi connectivity index (χ1) is 15.5. The van der Waals surface area contributed by atoms with Crippen LogP contribution in [0.25, 0.3) is 0 Å². The quantitative estimate of drug-likeness (QED) is 0.409. The molecule has 1 unspecified atom stereocenters. The highest BCUT2D eigenvalue weighted by Gasteiger charge is 2.28. The molecule has 10 heteroatoms. The number of rotatable bonds is 8. The summed E-state index contributed by atoms with van der Waals surface area (Å²) in [6.07, 6.45) is 2.75. The molecular weight excluding hydrogens is 470 g/mol. The summed E-state index contributed by atoms with van der Waals surface area (Å²) < 4.78 is 35.9. The number of methoxy groups -OCH3 is 1. The van der Waals surface area contributed by atoms with Gasteiger partial charge in [-0.15, -0.1) is 0 Å². The maximum atomic E-state index is 12.8. The first-order valence-corrected chi connectivity index (χ1v) is 12.5. The molecule has 1 atom stereocenters. The van der Waals surface area contributed by atoms with Crippen LogP contribution in [-0.2, 0) is 24.2 Å². The van der Waals surface area contributed by atoms with Gasteiger partial charge < -0.3 is 19.9 Å². The fourth-order valence-corrected chi connectivity index (χ4v) is 5.57. The van der Waals surface area contributed by atoms with E-state index in [1.54, 1.807) is 13.0 Å². The van der Waals surface area contributed by atoms with Crippen molar-refractivity contribution in [3.05, 3.63) is 40.9 Å². The summed E-state index contributed by atoms with van der Waals surface area (Å²) in [5.41, 5.74) is 0.926. The van der Waals surface area contributed by atoms with E-state index in [4.69, 9.17) is 16.3 Å². The highest BCUT2D eigenvalue weighted by atomic mass is 35.5. The Labute approximate surface area is 197 Å². The maximum absolute atomic E-state index is 12.8. The minimum atomic E-state index is -3.67. The zero-order chi connectivity index (χ0) is 24.3. The van der Waals surface area contributed by atoms with Gasteiger partial charge in [0.15, 0.2) is 9.84 Å². The summed E-state index contributed by atoms with van der Waals surface area (Å²) in [5.74, 6) is -1.98. The molecule has 0 aromatic heterocycles. The predicted molar refractivity (Wildman–Crippen MR) is 124 cm³/mol. The highest BCUT2D eigenvalue weighted by Crippen LogP contribution is 2.38. The van der Waals surface area contributed by atoms with Crippen molar-refractivity contribution in [3.63, 3.8) is 0 Å². The number of phenolic OH excluding ortho intramolecular Hbond substituents is 1. The van der Waals surface area contributed by atoms with Crippen LogP contribution in [-0.4, -0.2) is 38.3 Å². The minimum absolute atomic E-state index is 0.0117. The number of anilines is 1. The Morgan fingerprint density at radius 2 is 1.94 bits per heavy atom. The van der Waals surface area contributed by atoms with E-state index >= 15 is 0 Å². The number of carbonyl (C=O) groups excluding carboxylic acids is 2. The highest BCUT2D eigenvalue weighted by molar-refractivity contribution is 7.91. The van der Waals surface area contributed by atoms with Gasteiger partial charge in [-0.2, -0.15) is 0 Å². The molecule has 0 radical (unpaired) electrons. The molecule has 2 N–H and O–H groups in total. The molecule has 2 aromatic carbocycles. The Morgan fingerprint density at radius 3 is 2.52 bits per heavy atom. The number of hydrogen-bond acceptors (Lipinski definition) is 7. The van der Waals surface area contributed by atoms with Crippen molar-refractivity contribution in [2.24, 2.45) is 11.8 Å². The third-order valence-electron chi connectivity index (χ3n) is 5.61. The fraction of sp³-hybridized carbons (Fsp3) is 0.391. The van der Waals surface area contributed by atoms with Crippen LogP contribution in [0.2, 0.25) is 5.02 Å². The summed E-state index contributed by atoms with van der Waals surface area (Å²) in [4.78, 5) is 23.6. The topological polar surface area (TPSA) is 119 Å². The Kier molecular flexibility index (Phi) is 7.54. The number of benzene rings is 2. The van der Waals surface area contributed by atoms with E-state index < -0.39 is 27.6 Å². The lowest BCUT2D eigenvalue weighted by Crippen LogP contribution is -2.28. The van der Waals surface area contributed by atoms with Crippen molar-refractivity contribution < 1.29 is 32.6 Å². The maximum Gasteiger partial charge on any atom is 0.317 e. The molecule has 0 bridgehead atoms. The van der Waals surface area contributed by atoms with Gasteiger partial charge in [0.25, 0.3) is 0 Å². The molecule has 2 aromatic rings. The number of aryl methyl sites for hydroxylation is 1. The molecule has 8 nitrogen and oxygen atoms in total. The molecule has 1 amide bonds. The van der Waals surface area contributed by atoms with Crippen molar-refractivity contribution in [2.45, 2.75) is 38.0 Å². The number of esters is 1.